The van der Waals surface area contributed by atoms with Gasteiger partial charge >= 0.3 is 5.97 Å². The van der Waals surface area contributed by atoms with E-state index in [2.05, 4.69) is 12.2 Å². The van der Waals surface area contributed by atoms with Crippen molar-refractivity contribution in [3.63, 3.8) is 0 Å². The van der Waals surface area contributed by atoms with E-state index in [1.807, 2.05) is 0 Å². The lowest BCUT2D eigenvalue weighted by Crippen LogP contribution is -2.25. The van der Waals surface area contributed by atoms with Gasteiger partial charge in [0.15, 0.2) is 0 Å². The number of carbonyl (C=O) groups is 1. The summed E-state index contributed by atoms with van der Waals surface area (Å²) >= 11 is 0. The fourth-order valence-electron chi connectivity index (χ4n) is 2.52. The van der Waals surface area contributed by atoms with Crippen LogP contribution in [0.5, 0.6) is 0 Å². The molecule has 0 radical (unpaired) electrons. The number of carboxylic acids is 1. The van der Waals surface area contributed by atoms with Crippen LogP contribution in [-0.4, -0.2) is 17.6 Å². The lowest BCUT2D eigenvalue weighted by molar-refractivity contribution is 0.0696. The van der Waals surface area contributed by atoms with E-state index in [1.165, 1.54) is 31.9 Å². The third-order valence-electron chi connectivity index (χ3n) is 3.77. The Hall–Kier alpha value is -1.29. The molecule has 100 valence electrons. The Morgan fingerprint density at radius 2 is 2.17 bits per heavy atom. The molecule has 1 heterocycles. The van der Waals surface area contributed by atoms with Crippen LogP contribution in [0.15, 0.2) is 16.7 Å². The molecule has 1 saturated carbocycles. The fourth-order valence-corrected chi connectivity index (χ4v) is 2.52. The van der Waals surface area contributed by atoms with Gasteiger partial charge in [0.1, 0.15) is 12.0 Å². The summed E-state index contributed by atoms with van der Waals surface area (Å²) in [5, 5.41) is 12.1. The second kappa shape index (κ2) is 6.05. The van der Waals surface area contributed by atoms with Crippen molar-refractivity contribution in [2.75, 3.05) is 6.54 Å². The summed E-state index contributed by atoms with van der Waals surface area (Å²) < 4.78 is 5.19. The van der Waals surface area contributed by atoms with Crippen molar-refractivity contribution in [1.82, 2.24) is 5.32 Å². The maximum absolute atomic E-state index is 10.7. The average molecular weight is 251 g/mol. The van der Waals surface area contributed by atoms with E-state index in [-0.39, 0.29) is 5.56 Å². The molecular formula is C14H21NO3. The fraction of sp³-hybridized carbons (Fsp3) is 0.643. The second-order valence-electron chi connectivity index (χ2n) is 5.36. The largest absolute Gasteiger partial charge is 0.478 e. The van der Waals surface area contributed by atoms with Crippen LogP contribution in [0.1, 0.15) is 48.7 Å². The van der Waals surface area contributed by atoms with Gasteiger partial charge in [0.25, 0.3) is 0 Å². The van der Waals surface area contributed by atoms with Crippen molar-refractivity contribution in [2.45, 2.75) is 39.2 Å². The quantitative estimate of drug-likeness (QED) is 0.844. The molecule has 0 bridgehead atoms. The van der Waals surface area contributed by atoms with E-state index in [0.717, 1.165) is 18.4 Å². The summed E-state index contributed by atoms with van der Waals surface area (Å²) in [6, 6.07) is 1.58. The minimum absolute atomic E-state index is 0.221. The number of hydrogen-bond donors (Lipinski definition) is 2. The maximum atomic E-state index is 10.7. The van der Waals surface area contributed by atoms with Crippen molar-refractivity contribution in [2.24, 2.45) is 11.8 Å². The predicted octanol–water partition coefficient (Wildman–Crippen LogP) is 2.89. The first-order valence-corrected chi connectivity index (χ1v) is 6.66. The van der Waals surface area contributed by atoms with E-state index >= 15 is 0 Å². The molecule has 0 saturated heterocycles. The zero-order valence-electron chi connectivity index (χ0n) is 10.8. The molecule has 0 atom stereocenters. The van der Waals surface area contributed by atoms with Crippen molar-refractivity contribution in [1.29, 1.82) is 0 Å². The first-order valence-electron chi connectivity index (χ1n) is 6.66. The van der Waals surface area contributed by atoms with Gasteiger partial charge < -0.3 is 14.8 Å². The summed E-state index contributed by atoms with van der Waals surface area (Å²) in [4.78, 5) is 10.7. The van der Waals surface area contributed by atoms with Crippen LogP contribution >= 0.6 is 0 Å². The smallest absolute Gasteiger partial charge is 0.338 e. The van der Waals surface area contributed by atoms with Crippen molar-refractivity contribution >= 4 is 5.97 Å². The molecule has 4 nitrogen and oxygen atoms in total. The second-order valence-corrected chi connectivity index (χ2v) is 5.36. The highest BCUT2D eigenvalue weighted by Gasteiger charge is 2.17. The number of aromatic carboxylic acids is 1. The first kappa shape index (κ1) is 13.1. The summed E-state index contributed by atoms with van der Waals surface area (Å²) in [5.41, 5.74) is 0.221. The van der Waals surface area contributed by atoms with Gasteiger partial charge in [-0.3, -0.25) is 0 Å². The minimum Gasteiger partial charge on any atom is -0.478 e. The van der Waals surface area contributed by atoms with Crippen LogP contribution in [0.2, 0.25) is 0 Å². The molecule has 0 aromatic carbocycles. The summed E-state index contributed by atoms with van der Waals surface area (Å²) in [6.07, 6.45) is 6.55. The highest BCUT2D eigenvalue weighted by molar-refractivity contribution is 5.87. The lowest BCUT2D eigenvalue weighted by Gasteiger charge is -2.26. The van der Waals surface area contributed by atoms with Crippen molar-refractivity contribution in [3.8, 4) is 0 Å². The monoisotopic (exact) mass is 251 g/mol. The molecule has 1 aromatic rings. The molecule has 2 N–H and O–H groups in total. The van der Waals surface area contributed by atoms with E-state index < -0.39 is 5.97 Å². The molecule has 1 aromatic heterocycles. The Morgan fingerprint density at radius 1 is 1.44 bits per heavy atom. The number of carboxylic acid groups (broad SMARTS) is 1. The summed E-state index contributed by atoms with van der Waals surface area (Å²) in [7, 11) is 0. The zero-order valence-corrected chi connectivity index (χ0v) is 10.8. The van der Waals surface area contributed by atoms with Gasteiger partial charge in [-0.1, -0.05) is 19.8 Å². The van der Waals surface area contributed by atoms with Crippen LogP contribution in [0, 0.1) is 11.8 Å². The number of hydrogen-bond acceptors (Lipinski definition) is 3. The molecule has 0 amide bonds. The molecule has 0 spiro atoms. The lowest BCUT2D eigenvalue weighted by atomic mass is 9.83. The maximum Gasteiger partial charge on any atom is 0.338 e. The van der Waals surface area contributed by atoms with Crippen LogP contribution in [0.4, 0.5) is 0 Å². The van der Waals surface area contributed by atoms with Crippen LogP contribution < -0.4 is 5.32 Å². The molecule has 0 aliphatic heterocycles. The third kappa shape index (κ3) is 3.60. The molecular weight excluding hydrogens is 230 g/mol. The van der Waals surface area contributed by atoms with E-state index in [1.54, 1.807) is 6.07 Å². The molecule has 1 aliphatic rings. The Kier molecular flexibility index (Phi) is 4.42. The molecule has 1 aliphatic carbocycles. The zero-order chi connectivity index (χ0) is 13.0. The number of furan rings is 1. The van der Waals surface area contributed by atoms with Gasteiger partial charge in [0, 0.05) is 0 Å². The molecule has 2 rings (SSSR count). The van der Waals surface area contributed by atoms with E-state index in [4.69, 9.17) is 9.52 Å². The normalized spacial score (nSPS) is 24.1. The number of nitrogens with one attached hydrogen (secondary N) is 1. The van der Waals surface area contributed by atoms with Crippen molar-refractivity contribution < 1.29 is 14.3 Å². The molecule has 0 unspecified atom stereocenters. The SMILES string of the molecule is CC1CCC(CNCc2cc(C(=O)O)co2)CC1. The minimum atomic E-state index is -0.939. The molecule has 4 heteroatoms. The topological polar surface area (TPSA) is 62.5 Å². The third-order valence-corrected chi connectivity index (χ3v) is 3.77. The molecule has 18 heavy (non-hydrogen) atoms. The average Bonchev–Trinajstić information content (AvgIpc) is 2.81. The Morgan fingerprint density at radius 3 is 2.78 bits per heavy atom. The van der Waals surface area contributed by atoms with Gasteiger partial charge in [-0.25, -0.2) is 4.79 Å². The Balaban J connectivity index is 1.70. The van der Waals surface area contributed by atoms with Crippen LogP contribution in [-0.2, 0) is 6.54 Å². The summed E-state index contributed by atoms with van der Waals surface area (Å²) in [5.74, 6) is 1.39. The van der Waals surface area contributed by atoms with Gasteiger partial charge in [0.2, 0.25) is 0 Å². The first-order chi connectivity index (χ1) is 8.65. The van der Waals surface area contributed by atoms with Crippen LogP contribution in [0.25, 0.3) is 0 Å². The number of rotatable bonds is 5. The van der Waals surface area contributed by atoms with Gasteiger partial charge in [0.05, 0.1) is 12.1 Å². The highest BCUT2D eigenvalue weighted by Crippen LogP contribution is 2.27. The van der Waals surface area contributed by atoms with Gasteiger partial charge in [-0.15, -0.1) is 0 Å². The summed E-state index contributed by atoms with van der Waals surface area (Å²) in [6.45, 7) is 3.93. The van der Waals surface area contributed by atoms with E-state index in [0.29, 0.717) is 12.3 Å². The predicted molar refractivity (Wildman–Crippen MR) is 68.5 cm³/mol. The highest BCUT2D eigenvalue weighted by atomic mass is 16.4. The van der Waals surface area contributed by atoms with Gasteiger partial charge in [-0.05, 0) is 37.3 Å². The Bertz CT molecular complexity index is 391. The van der Waals surface area contributed by atoms with E-state index in [9.17, 15) is 4.79 Å². The molecule has 1 fully saturated rings. The van der Waals surface area contributed by atoms with Crippen molar-refractivity contribution in [3.05, 3.63) is 23.7 Å². The van der Waals surface area contributed by atoms with Crippen LogP contribution in [0.3, 0.4) is 0 Å². The Labute approximate surface area is 107 Å². The standard InChI is InChI=1S/C14H21NO3/c1-10-2-4-11(5-3-10)7-15-8-13-6-12(9-18-13)14(16)17/h6,9-11,15H,2-5,7-8H2,1H3,(H,16,17). The van der Waals surface area contributed by atoms with Gasteiger partial charge in [-0.2, -0.15) is 0 Å².